The number of para-hydroxylation sites is 1. The van der Waals surface area contributed by atoms with Crippen LogP contribution in [0.3, 0.4) is 0 Å². The van der Waals surface area contributed by atoms with Crippen LogP contribution in [0, 0.1) is 0 Å². The molecule has 0 amide bonds. The summed E-state index contributed by atoms with van der Waals surface area (Å²) in [7, 11) is 0. The molecule has 0 fully saturated rings. The van der Waals surface area contributed by atoms with E-state index >= 15 is 0 Å². The molecule has 2 aromatic carbocycles. The van der Waals surface area contributed by atoms with Gasteiger partial charge >= 0.3 is 0 Å². The topological polar surface area (TPSA) is 33.1 Å². The van der Waals surface area contributed by atoms with Crippen molar-refractivity contribution in [3.63, 3.8) is 0 Å². The smallest absolute Gasteiger partial charge is 0.171 e. The largest absolute Gasteiger partial charge is 0.499 e. The van der Waals surface area contributed by atoms with Crippen LogP contribution in [0.15, 0.2) is 60.7 Å². The van der Waals surface area contributed by atoms with Gasteiger partial charge in [-0.2, -0.15) is 0 Å². The Hall–Kier alpha value is -2.39. The molecular weight excluding hydrogens is 266 g/mol. The van der Waals surface area contributed by atoms with Crippen LogP contribution in [-0.2, 0) is 0 Å². The lowest BCUT2D eigenvalue weighted by Gasteiger charge is -2.08. The molecule has 2 nitrogen and oxygen atoms in total. The first kappa shape index (κ1) is 11.4. The van der Waals surface area contributed by atoms with Crippen LogP contribution in [0.1, 0.15) is 0 Å². The van der Waals surface area contributed by atoms with Crippen LogP contribution in [0.25, 0.3) is 32.2 Å². The summed E-state index contributed by atoms with van der Waals surface area (Å²) in [5, 5.41) is 13.4. The maximum atomic E-state index is 9.59. The molecule has 2 aromatic heterocycles. The minimum Gasteiger partial charge on any atom is -0.499 e. The first-order valence-corrected chi connectivity index (χ1v) is 7.21. The van der Waals surface area contributed by atoms with E-state index in [0.717, 1.165) is 26.9 Å². The first-order chi connectivity index (χ1) is 9.83. The number of benzene rings is 2. The average Bonchev–Trinajstić information content (AvgIpc) is 2.93. The monoisotopic (exact) mass is 277 g/mol. The Morgan fingerprint density at radius 3 is 2.20 bits per heavy atom. The van der Waals surface area contributed by atoms with Gasteiger partial charge in [-0.15, -0.1) is 0 Å². The lowest BCUT2D eigenvalue weighted by Crippen LogP contribution is -1.87. The lowest BCUT2D eigenvalue weighted by atomic mass is 10.0. The second-order valence-electron chi connectivity index (χ2n) is 4.66. The van der Waals surface area contributed by atoms with Gasteiger partial charge in [-0.3, -0.25) is 0 Å². The summed E-state index contributed by atoms with van der Waals surface area (Å²) in [6.07, 6.45) is 0. The van der Waals surface area contributed by atoms with Crippen molar-refractivity contribution in [2.75, 3.05) is 0 Å². The van der Waals surface area contributed by atoms with Gasteiger partial charge in [0.2, 0.25) is 0 Å². The molecule has 4 rings (SSSR count). The molecule has 20 heavy (non-hydrogen) atoms. The third-order valence-corrected chi connectivity index (χ3v) is 4.33. The molecule has 96 valence electrons. The van der Waals surface area contributed by atoms with Crippen molar-refractivity contribution in [1.29, 1.82) is 0 Å². The quantitative estimate of drug-likeness (QED) is 0.506. The zero-order chi connectivity index (χ0) is 13.5. The zero-order valence-corrected chi connectivity index (χ0v) is 11.4. The van der Waals surface area contributed by atoms with Gasteiger partial charge in [0, 0.05) is 10.8 Å². The van der Waals surface area contributed by atoms with Gasteiger partial charge in [-0.25, -0.2) is 4.98 Å². The van der Waals surface area contributed by atoms with E-state index in [4.69, 9.17) is 4.98 Å². The molecule has 4 aromatic rings. The molecule has 1 N–H and O–H groups in total. The lowest BCUT2D eigenvalue weighted by molar-refractivity contribution is 0.491. The number of aromatic nitrogens is 1. The van der Waals surface area contributed by atoms with Crippen LogP contribution in [0.2, 0.25) is 0 Å². The molecule has 0 bridgehead atoms. The summed E-state index contributed by atoms with van der Waals surface area (Å²) in [4.78, 5) is 5.78. The van der Waals surface area contributed by atoms with Crippen molar-refractivity contribution >= 4 is 33.0 Å². The van der Waals surface area contributed by atoms with Gasteiger partial charge in [0.05, 0.1) is 16.1 Å². The fourth-order valence-electron chi connectivity index (χ4n) is 2.55. The van der Waals surface area contributed by atoms with E-state index in [9.17, 15) is 5.11 Å². The summed E-state index contributed by atoms with van der Waals surface area (Å²) in [5.74, 6) is 0. The summed E-state index contributed by atoms with van der Waals surface area (Å²) < 4.78 is 0. The number of hydrogen-bond donors (Lipinski definition) is 1. The number of hydrogen-bond acceptors (Lipinski definition) is 3. The highest BCUT2D eigenvalue weighted by atomic mass is 32.1. The Morgan fingerprint density at radius 2 is 1.45 bits per heavy atom. The van der Waals surface area contributed by atoms with Gasteiger partial charge < -0.3 is 5.11 Å². The maximum absolute atomic E-state index is 9.59. The molecule has 0 aliphatic rings. The van der Waals surface area contributed by atoms with Crippen LogP contribution in [-0.4, -0.2) is 10.1 Å². The molecule has 0 spiro atoms. The normalized spacial score (nSPS) is 11.2. The molecule has 0 saturated heterocycles. The van der Waals surface area contributed by atoms with Crippen molar-refractivity contribution in [2.24, 2.45) is 0 Å². The number of aromatic hydroxyl groups is 1. The number of nitrogens with zero attached hydrogens (tertiary/aromatic N) is 1. The first-order valence-electron chi connectivity index (χ1n) is 6.39. The van der Waals surface area contributed by atoms with Crippen molar-refractivity contribution in [3.05, 3.63) is 60.7 Å². The summed E-state index contributed by atoms with van der Waals surface area (Å²) >= 11 is 1.36. The van der Waals surface area contributed by atoms with E-state index in [1.807, 2.05) is 36.4 Å². The highest BCUT2D eigenvalue weighted by molar-refractivity contribution is 7.17. The number of thiophene rings is 1. The maximum Gasteiger partial charge on any atom is 0.171 e. The Kier molecular flexibility index (Phi) is 2.47. The van der Waals surface area contributed by atoms with Gasteiger partial charge in [0.1, 0.15) is 0 Å². The minimum absolute atomic E-state index is 0.319. The highest BCUT2D eigenvalue weighted by Crippen LogP contribution is 2.37. The summed E-state index contributed by atoms with van der Waals surface area (Å²) in [6, 6.07) is 20.1. The molecule has 2 heterocycles. The number of fused-ring (bicyclic) bond motifs is 3. The third-order valence-electron chi connectivity index (χ3n) is 3.43. The minimum atomic E-state index is 0.319. The number of rotatable bonds is 1. The standard InChI is InChI=1S/C17H11NOS/c19-16-10-9-15(20-16)17-13-7-2-1-5-11(13)12-6-3-4-8-14(12)18-17/h1-10,19H. The van der Waals surface area contributed by atoms with Gasteiger partial charge in [-0.05, 0) is 23.6 Å². The van der Waals surface area contributed by atoms with Gasteiger partial charge in [0.15, 0.2) is 5.06 Å². The molecule has 0 unspecified atom stereocenters. The summed E-state index contributed by atoms with van der Waals surface area (Å²) in [6.45, 7) is 0. The van der Waals surface area contributed by atoms with Crippen molar-refractivity contribution in [3.8, 4) is 15.6 Å². The SMILES string of the molecule is Oc1ccc(-c2nc3ccccc3c3ccccc23)s1. The predicted octanol–water partition coefficient (Wildman–Crippen LogP) is 4.82. The molecular formula is C17H11NOS. The van der Waals surface area contributed by atoms with E-state index in [1.165, 1.54) is 16.7 Å². The van der Waals surface area contributed by atoms with E-state index in [1.54, 1.807) is 6.07 Å². The highest BCUT2D eigenvalue weighted by Gasteiger charge is 2.11. The van der Waals surface area contributed by atoms with E-state index in [2.05, 4.69) is 18.2 Å². The molecule has 0 aliphatic carbocycles. The fourth-order valence-corrected chi connectivity index (χ4v) is 3.30. The third kappa shape index (κ3) is 1.67. The van der Waals surface area contributed by atoms with Gasteiger partial charge in [0.25, 0.3) is 0 Å². The molecule has 0 saturated carbocycles. The van der Waals surface area contributed by atoms with Crippen LogP contribution >= 0.6 is 11.3 Å². The molecule has 0 aliphatic heterocycles. The Bertz CT molecular complexity index is 926. The molecule has 3 heteroatoms. The van der Waals surface area contributed by atoms with Crippen molar-refractivity contribution in [1.82, 2.24) is 4.98 Å². The van der Waals surface area contributed by atoms with Crippen LogP contribution in [0.5, 0.6) is 5.06 Å². The Labute approximate surface area is 120 Å². The Balaban J connectivity index is 2.18. The number of pyridine rings is 1. The van der Waals surface area contributed by atoms with Crippen molar-refractivity contribution in [2.45, 2.75) is 0 Å². The van der Waals surface area contributed by atoms with E-state index in [0.29, 0.717) is 5.06 Å². The second kappa shape index (κ2) is 4.32. The van der Waals surface area contributed by atoms with Crippen molar-refractivity contribution < 1.29 is 5.11 Å². The average molecular weight is 277 g/mol. The Morgan fingerprint density at radius 1 is 0.750 bits per heavy atom. The van der Waals surface area contributed by atoms with Crippen LogP contribution in [0.4, 0.5) is 0 Å². The fraction of sp³-hybridized carbons (Fsp3) is 0. The van der Waals surface area contributed by atoms with Crippen LogP contribution < -0.4 is 0 Å². The summed E-state index contributed by atoms with van der Waals surface area (Å²) in [5.41, 5.74) is 1.92. The van der Waals surface area contributed by atoms with E-state index in [-0.39, 0.29) is 0 Å². The molecule has 0 radical (unpaired) electrons. The second-order valence-corrected chi connectivity index (χ2v) is 5.72. The van der Waals surface area contributed by atoms with Gasteiger partial charge in [-0.1, -0.05) is 53.8 Å². The molecule has 0 atom stereocenters. The predicted molar refractivity (Wildman–Crippen MR) is 84.2 cm³/mol. The zero-order valence-electron chi connectivity index (χ0n) is 10.6. The van der Waals surface area contributed by atoms with E-state index < -0.39 is 0 Å².